The summed E-state index contributed by atoms with van der Waals surface area (Å²) in [6.07, 6.45) is 0.161. The van der Waals surface area contributed by atoms with Crippen LogP contribution in [0.4, 0.5) is 9.59 Å². The second-order valence-corrected chi connectivity index (χ2v) is 15.6. The Hall–Kier alpha value is -1.62. The smallest absolute Gasteiger partial charge is 0.434 e. The predicted octanol–water partition coefficient (Wildman–Crippen LogP) is 4.01. The molecule has 0 aliphatic carbocycles. The van der Waals surface area contributed by atoms with Gasteiger partial charge in [-0.15, -0.1) is 0 Å². The van der Waals surface area contributed by atoms with Crippen molar-refractivity contribution in [1.82, 2.24) is 9.96 Å². The van der Waals surface area contributed by atoms with Crippen LogP contribution in [0.3, 0.4) is 0 Å². The number of carbonyl (C=O) groups excluding carboxylic acids is 2. The average molecular weight is 475 g/mol. The van der Waals surface area contributed by atoms with E-state index in [4.69, 9.17) is 13.9 Å². The van der Waals surface area contributed by atoms with E-state index in [1.165, 1.54) is 6.08 Å². The molecule has 0 aromatic heterocycles. The molecule has 1 aliphatic heterocycles. The first kappa shape index (κ1) is 28.4. The van der Waals surface area contributed by atoms with Gasteiger partial charge in [-0.1, -0.05) is 33.4 Å². The van der Waals surface area contributed by atoms with Gasteiger partial charge in [0.2, 0.25) is 0 Å². The van der Waals surface area contributed by atoms with Gasteiger partial charge in [-0.05, 0) is 45.3 Å². The molecule has 10 heteroatoms. The van der Waals surface area contributed by atoms with Crippen molar-refractivity contribution in [2.24, 2.45) is 5.92 Å². The average Bonchev–Trinajstić information content (AvgIpc) is 3.04. The Morgan fingerprint density at radius 2 is 1.84 bits per heavy atom. The molecule has 0 spiro atoms. The Balaban J connectivity index is 3.08. The lowest BCUT2D eigenvalue weighted by Crippen LogP contribution is -2.48. The van der Waals surface area contributed by atoms with Crippen LogP contribution in [0, 0.1) is 5.92 Å². The third kappa shape index (κ3) is 8.06. The van der Waals surface area contributed by atoms with Crippen LogP contribution in [0.2, 0.25) is 18.1 Å². The molecule has 1 aliphatic rings. The van der Waals surface area contributed by atoms with Gasteiger partial charge in [0.15, 0.2) is 8.32 Å². The molecular formula is C22H42N2O7Si. The van der Waals surface area contributed by atoms with Crippen LogP contribution >= 0.6 is 0 Å². The molecule has 0 saturated carbocycles. The van der Waals surface area contributed by atoms with Crippen molar-refractivity contribution in [2.75, 3.05) is 26.3 Å². The molecule has 0 aromatic carbocycles. The summed E-state index contributed by atoms with van der Waals surface area (Å²) in [6, 6.07) is -0.480. The summed E-state index contributed by atoms with van der Waals surface area (Å²) in [5.74, 6) is -0.614. The van der Waals surface area contributed by atoms with E-state index in [-0.39, 0.29) is 30.9 Å². The van der Waals surface area contributed by atoms with Crippen molar-refractivity contribution in [3.8, 4) is 0 Å². The molecular weight excluding hydrogens is 432 g/mol. The molecule has 2 N–H and O–H groups in total. The summed E-state index contributed by atoms with van der Waals surface area (Å²) < 4.78 is 17.0. The van der Waals surface area contributed by atoms with E-state index >= 15 is 0 Å². The fourth-order valence-electron chi connectivity index (χ4n) is 3.28. The van der Waals surface area contributed by atoms with Crippen molar-refractivity contribution >= 4 is 20.5 Å². The minimum Gasteiger partial charge on any atom is -0.444 e. The quantitative estimate of drug-likeness (QED) is 0.237. The number of nitrogens with zero attached hydrogens (tertiary/aromatic N) is 2. The van der Waals surface area contributed by atoms with Gasteiger partial charge in [0, 0.05) is 25.1 Å². The van der Waals surface area contributed by atoms with Gasteiger partial charge < -0.3 is 23.9 Å². The van der Waals surface area contributed by atoms with Crippen LogP contribution in [0.25, 0.3) is 0 Å². The topological polar surface area (TPSA) is 109 Å². The lowest BCUT2D eigenvalue weighted by atomic mass is 9.97. The number of hydroxylamine groups is 2. The van der Waals surface area contributed by atoms with E-state index in [0.29, 0.717) is 18.0 Å². The Kier molecular flexibility index (Phi) is 9.76. The minimum absolute atomic E-state index is 0.00494. The number of carbonyl (C=O) groups is 2. The number of rotatable bonds is 8. The summed E-state index contributed by atoms with van der Waals surface area (Å²) in [5.41, 5.74) is -0.688. The van der Waals surface area contributed by atoms with E-state index in [1.54, 1.807) is 25.7 Å². The third-order valence-electron chi connectivity index (χ3n) is 5.92. The molecule has 3 atom stereocenters. The first-order valence-electron chi connectivity index (χ1n) is 11.0. The summed E-state index contributed by atoms with van der Waals surface area (Å²) >= 11 is 0. The molecule has 0 unspecified atom stereocenters. The first-order valence-corrected chi connectivity index (χ1v) is 14.0. The van der Waals surface area contributed by atoms with Gasteiger partial charge in [-0.25, -0.2) is 9.59 Å². The molecule has 186 valence electrons. The molecule has 32 heavy (non-hydrogen) atoms. The normalized spacial score (nSPS) is 20.6. The van der Waals surface area contributed by atoms with Crippen LogP contribution in [0.5, 0.6) is 0 Å². The Morgan fingerprint density at radius 1 is 1.25 bits per heavy atom. The van der Waals surface area contributed by atoms with Gasteiger partial charge in [0.1, 0.15) is 12.2 Å². The van der Waals surface area contributed by atoms with Crippen LogP contribution in [0.1, 0.15) is 48.0 Å². The van der Waals surface area contributed by atoms with Crippen molar-refractivity contribution in [3.63, 3.8) is 0 Å². The molecule has 1 rings (SSSR count). The van der Waals surface area contributed by atoms with Crippen LogP contribution in [0.15, 0.2) is 12.7 Å². The standard InChI is InChI=1S/C22H42N2O7Si/c1-10-11-29-20(27)24(28)13-16(15-25)18-12-17(31-32(8,9)22(5,6)7)14-23(18)19(26)30-21(2,3)4/h10,16-18,25,28H,1,11-15H2,2-9H3/t16-,17-,18+/m1/s1. The van der Waals surface area contributed by atoms with Crippen molar-refractivity contribution in [1.29, 1.82) is 0 Å². The van der Waals surface area contributed by atoms with Crippen LogP contribution < -0.4 is 0 Å². The van der Waals surface area contributed by atoms with Crippen LogP contribution in [-0.4, -0.2) is 84.8 Å². The number of ether oxygens (including phenoxy) is 2. The Bertz CT molecular complexity index is 658. The fraction of sp³-hybridized carbons (Fsp3) is 0.818. The highest BCUT2D eigenvalue weighted by Crippen LogP contribution is 2.39. The monoisotopic (exact) mass is 474 g/mol. The number of hydrogen-bond donors (Lipinski definition) is 2. The summed E-state index contributed by atoms with van der Waals surface area (Å²) in [7, 11) is -2.11. The zero-order valence-corrected chi connectivity index (χ0v) is 21.9. The van der Waals surface area contributed by atoms with Gasteiger partial charge in [-0.2, -0.15) is 5.06 Å². The highest BCUT2D eigenvalue weighted by Gasteiger charge is 2.46. The Labute approximate surface area is 193 Å². The molecule has 0 bridgehead atoms. The summed E-state index contributed by atoms with van der Waals surface area (Å²) in [6.45, 7) is 19.3. The number of aliphatic hydroxyl groups excluding tert-OH is 1. The van der Waals surface area contributed by atoms with Gasteiger partial charge in [-0.3, -0.25) is 5.21 Å². The first-order chi connectivity index (χ1) is 14.5. The summed E-state index contributed by atoms with van der Waals surface area (Å²) in [5, 5.41) is 20.6. The maximum atomic E-state index is 13.0. The molecule has 0 radical (unpaired) electrons. The second kappa shape index (κ2) is 11.0. The molecule has 9 nitrogen and oxygen atoms in total. The maximum Gasteiger partial charge on any atom is 0.434 e. The summed E-state index contributed by atoms with van der Waals surface area (Å²) in [4.78, 5) is 26.4. The molecule has 2 amide bonds. The molecule has 1 fully saturated rings. The zero-order chi connectivity index (χ0) is 24.9. The van der Waals surface area contributed by atoms with Gasteiger partial charge in [0.25, 0.3) is 0 Å². The highest BCUT2D eigenvalue weighted by molar-refractivity contribution is 6.74. The number of likely N-dealkylation sites (tertiary alicyclic amines) is 1. The van der Waals surface area contributed by atoms with Gasteiger partial charge in [0.05, 0.1) is 12.6 Å². The van der Waals surface area contributed by atoms with E-state index in [9.17, 15) is 19.9 Å². The van der Waals surface area contributed by atoms with E-state index in [2.05, 4.69) is 40.4 Å². The number of aliphatic hydroxyl groups is 1. The van der Waals surface area contributed by atoms with Crippen LogP contribution in [-0.2, 0) is 13.9 Å². The SMILES string of the molecule is C=CCOC(=O)N(O)C[C@H](CO)[C@@H]1C[C@@H](O[Si](C)(C)C(C)(C)C)CN1C(=O)OC(C)(C)C. The molecule has 0 aromatic rings. The number of hydrogen-bond acceptors (Lipinski definition) is 7. The third-order valence-corrected chi connectivity index (χ3v) is 10.5. The molecule has 1 heterocycles. The largest absolute Gasteiger partial charge is 0.444 e. The highest BCUT2D eigenvalue weighted by atomic mass is 28.4. The van der Waals surface area contributed by atoms with E-state index < -0.39 is 38.1 Å². The second-order valence-electron chi connectivity index (χ2n) is 10.8. The van der Waals surface area contributed by atoms with E-state index in [1.807, 2.05) is 0 Å². The van der Waals surface area contributed by atoms with Crippen molar-refractivity contribution in [3.05, 3.63) is 12.7 Å². The van der Waals surface area contributed by atoms with E-state index in [0.717, 1.165) is 0 Å². The van der Waals surface area contributed by atoms with Crippen molar-refractivity contribution < 1.29 is 33.8 Å². The fourth-order valence-corrected chi connectivity index (χ4v) is 4.64. The zero-order valence-electron chi connectivity index (χ0n) is 20.9. The molecule has 1 saturated heterocycles. The number of amides is 2. The Morgan fingerprint density at radius 3 is 2.31 bits per heavy atom. The lowest BCUT2D eigenvalue weighted by Gasteiger charge is -2.38. The lowest BCUT2D eigenvalue weighted by molar-refractivity contribution is -0.0911. The minimum atomic E-state index is -2.11. The maximum absolute atomic E-state index is 13.0. The van der Waals surface area contributed by atoms with Gasteiger partial charge >= 0.3 is 12.2 Å². The predicted molar refractivity (Wildman–Crippen MR) is 124 cm³/mol. The van der Waals surface area contributed by atoms with Crippen molar-refractivity contribution in [2.45, 2.75) is 83.8 Å².